The Morgan fingerprint density at radius 1 is 0.843 bits per heavy atom. The maximum Gasteiger partial charge on any atom is 0.243 e. The van der Waals surface area contributed by atoms with E-state index >= 15 is 0 Å². The van der Waals surface area contributed by atoms with Crippen LogP contribution in [-0.2, 0) is 48.1 Å². The first-order valence-corrected chi connectivity index (χ1v) is 17.9. The zero-order chi connectivity index (χ0) is 37.1. The molecule has 2 aliphatic rings. The highest BCUT2D eigenvalue weighted by Gasteiger charge is 2.50. The number of hydrogen-bond donors (Lipinski definition) is 4. The van der Waals surface area contributed by atoms with Gasteiger partial charge < -0.3 is 35.4 Å². The smallest absolute Gasteiger partial charge is 0.243 e. The van der Waals surface area contributed by atoms with Crippen LogP contribution in [0.5, 0.6) is 0 Å². The van der Waals surface area contributed by atoms with E-state index in [0.29, 0.717) is 37.4 Å². The van der Waals surface area contributed by atoms with Crippen LogP contribution < -0.4 is 21.3 Å². The maximum atomic E-state index is 13.8. The van der Waals surface area contributed by atoms with E-state index in [1.54, 1.807) is 13.0 Å². The number of carbonyl (C=O) groups excluding carboxylic acids is 5. The molecule has 4 rings (SSSR count). The van der Waals surface area contributed by atoms with Gasteiger partial charge in [0.2, 0.25) is 23.6 Å². The number of Topliss-reactive ketones (excluding diaryl/α,β-unsaturated/α-hetero) is 1. The van der Waals surface area contributed by atoms with Crippen molar-refractivity contribution in [1.82, 2.24) is 36.2 Å². The van der Waals surface area contributed by atoms with Crippen LogP contribution >= 0.6 is 0 Å². The maximum absolute atomic E-state index is 13.8. The Morgan fingerprint density at radius 3 is 2.08 bits per heavy atom. The van der Waals surface area contributed by atoms with Crippen LogP contribution in [-0.4, -0.2) is 114 Å². The van der Waals surface area contributed by atoms with Crippen molar-refractivity contribution in [2.24, 2.45) is 11.8 Å². The molecule has 51 heavy (non-hydrogen) atoms. The number of nitrogens with one attached hydrogen (secondary N) is 4. The number of ketones is 1. The van der Waals surface area contributed by atoms with Gasteiger partial charge >= 0.3 is 0 Å². The lowest BCUT2D eigenvalue weighted by atomic mass is 9.93. The van der Waals surface area contributed by atoms with Crippen molar-refractivity contribution in [3.63, 3.8) is 0 Å². The summed E-state index contributed by atoms with van der Waals surface area (Å²) in [6, 6.07) is 8.22. The third-order valence-electron chi connectivity index (χ3n) is 9.08. The Balaban J connectivity index is 1.34. The number of hydrogen-bond acceptors (Lipinski definition) is 10. The minimum Gasteiger partial charge on any atom is -0.361 e. The number of aromatic nitrogens is 1. The standard InChI is InChI=1S/C37H55N7O7/c1-24(2)16-29(34(47)37(5)23-50-37)40-36(49)31(18-26-10-8-7-9-11-26)41-35(48)30(17-25(3)4)39-33(46)21-38-32(45)20-27-19-28(51-42-27)22-44-14-12-43(6)13-15-44/h7-11,19,24-25,29-31H,12-18,20-23H2,1-6H3,(H,38,45)(H,39,46)(H,40,49)(H,41,48). The topological polar surface area (TPSA) is 179 Å². The first-order chi connectivity index (χ1) is 24.2. The summed E-state index contributed by atoms with van der Waals surface area (Å²) in [4.78, 5) is 70.9. The molecule has 2 aliphatic heterocycles. The summed E-state index contributed by atoms with van der Waals surface area (Å²) in [5, 5.41) is 15.1. The summed E-state index contributed by atoms with van der Waals surface area (Å²) in [5.41, 5.74) is 0.358. The quantitative estimate of drug-likeness (QED) is 0.155. The van der Waals surface area contributed by atoms with Crippen molar-refractivity contribution in [1.29, 1.82) is 0 Å². The van der Waals surface area contributed by atoms with Crippen LogP contribution in [0.1, 0.15) is 64.5 Å². The normalized spacial score (nSPS) is 19.6. The molecule has 14 nitrogen and oxygen atoms in total. The lowest BCUT2D eigenvalue weighted by Crippen LogP contribution is -2.58. The predicted octanol–water partition coefficient (Wildman–Crippen LogP) is 1.23. The molecule has 0 bridgehead atoms. The predicted molar refractivity (Wildman–Crippen MR) is 190 cm³/mol. The van der Waals surface area contributed by atoms with E-state index in [9.17, 15) is 24.0 Å². The number of ether oxygens (including phenoxy) is 1. The molecule has 4 atom stereocenters. The summed E-state index contributed by atoms with van der Waals surface area (Å²) >= 11 is 0. The van der Waals surface area contributed by atoms with E-state index in [4.69, 9.17) is 9.26 Å². The lowest BCUT2D eigenvalue weighted by Gasteiger charge is -2.31. The summed E-state index contributed by atoms with van der Waals surface area (Å²) in [6.07, 6.45) is 0.829. The van der Waals surface area contributed by atoms with Gasteiger partial charge in [-0.25, -0.2) is 0 Å². The van der Waals surface area contributed by atoms with Crippen molar-refractivity contribution in [3.05, 3.63) is 53.4 Å². The molecular weight excluding hydrogens is 654 g/mol. The van der Waals surface area contributed by atoms with E-state index in [1.807, 2.05) is 58.0 Å². The average molecular weight is 710 g/mol. The molecule has 14 heteroatoms. The Hall–Kier alpha value is -4.14. The van der Waals surface area contributed by atoms with E-state index < -0.39 is 47.4 Å². The first kappa shape index (κ1) is 39.6. The van der Waals surface area contributed by atoms with E-state index in [2.05, 4.69) is 43.3 Å². The van der Waals surface area contributed by atoms with Crippen LogP contribution in [0.3, 0.4) is 0 Å². The molecule has 1 aromatic carbocycles. The molecule has 3 heterocycles. The number of benzene rings is 1. The Kier molecular flexibility index (Phi) is 14.3. The highest BCUT2D eigenvalue weighted by molar-refractivity contribution is 5.98. The van der Waals surface area contributed by atoms with Gasteiger partial charge in [-0.3, -0.25) is 28.9 Å². The molecule has 4 N–H and O–H groups in total. The number of carbonyl (C=O) groups is 5. The minimum atomic E-state index is -1.02. The van der Waals surface area contributed by atoms with Crippen LogP contribution in [0.2, 0.25) is 0 Å². The Morgan fingerprint density at radius 2 is 1.45 bits per heavy atom. The molecule has 1 aromatic heterocycles. The summed E-state index contributed by atoms with van der Waals surface area (Å²) in [5.74, 6) is -1.39. The van der Waals surface area contributed by atoms with Crippen molar-refractivity contribution >= 4 is 29.4 Å². The third kappa shape index (κ3) is 12.8. The van der Waals surface area contributed by atoms with Crippen LogP contribution in [0, 0.1) is 11.8 Å². The molecule has 4 unspecified atom stereocenters. The average Bonchev–Trinajstić information content (AvgIpc) is 3.69. The molecular formula is C37H55N7O7. The highest BCUT2D eigenvalue weighted by atomic mass is 16.6. The first-order valence-electron chi connectivity index (χ1n) is 17.9. The molecule has 0 aliphatic carbocycles. The van der Waals surface area contributed by atoms with Crippen LogP contribution in [0.4, 0.5) is 0 Å². The highest BCUT2D eigenvalue weighted by Crippen LogP contribution is 2.29. The van der Waals surface area contributed by atoms with E-state index in [0.717, 1.165) is 31.7 Å². The van der Waals surface area contributed by atoms with Crippen molar-refractivity contribution in [3.8, 4) is 0 Å². The summed E-state index contributed by atoms with van der Waals surface area (Å²) in [6.45, 7) is 13.8. The van der Waals surface area contributed by atoms with Crippen molar-refractivity contribution < 1.29 is 33.2 Å². The van der Waals surface area contributed by atoms with Crippen LogP contribution in [0.15, 0.2) is 40.9 Å². The van der Waals surface area contributed by atoms with Gasteiger partial charge in [-0.05, 0) is 44.2 Å². The van der Waals surface area contributed by atoms with E-state index in [-0.39, 0.29) is 37.0 Å². The zero-order valence-electron chi connectivity index (χ0n) is 30.8. The SMILES string of the molecule is CC(C)CC(NC(=O)CNC(=O)Cc1cc(CN2CCN(C)CC2)on1)C(=O)NC(Cc1ccccc1)C(=O)NC(CC(C)C)C(=O)C1(C)CO1. The second kappa shape index (κ2) is 18.4. The van der Waals surface area contributed by atoms with E-state index in [1.165, 1.54) is 0 Å². The molecule has 0 saturated carbocycles. The molecule has 0 spiro atoms. The number of likely N-dealkylation sites (N-methyl/N-ethyl adjacent to an activating group) is 1. The number of piperazine rings is 1. The number of rotatable bonds is 19. The Labute approximate surface area is 300 Å². The Bertz CT molecular complexity index is 1480. The largest absolute Gasteiger partial charge is 0.361 e. The zero-order valence-corrected chi connectivity index (χ0v) is 30.8. The summed E-state index contributed by atoms with van der Waals surface area (Å²) in [7, 11) is 2.09. The van der Waals surface area contributed by atoms with Gasteiger partial charge in [0.05, 0.1) is 37.9 Å². The fourth-order valence-electron chi connectivity index (χ4n) is 6.02. The van der Waals surface area contributed by atoms with Gasteiger partial charge in [-0.2, -0.15) is 0 Å². The molecule has 2 fully saturated rings. The molecule has 2 aromatic rings. The number of epoxide rings is 1. The fraction of sp³-hybridized carbons (Fsp3) is 0.622. The van der Waals surface area contributed by atoms with Gasteiger partial charge in [0.15, 0.2) is 11.5 Å². The monoisotopic (exact) mass is 709 g/mol. The number of nitrogens with zero attached hydrogens (tertiary/aromatic N) is 3. The second-order valence-electron chi connectivity index (χ2n) is 14.9. The van der Waals surface area contributed by atoms with Gasteiger partial charge in [0, 0.05) is 38.7 Å². The van der Waals surface area contributed by atoms with Gasteiger partial charge in [0.1, 0.15) is 17.7 Å². The minimum absolute atomic E-state index is 0.0246. The van der Waals surface area contributed by atoms with Crippen molar-refractivity contribution in [2.75, 3.05) is 46.4 Å². The molecule has 280 valence electrons. The second-order valence-corrected chi connectivity index (χ2v) is 14.9. The van der Waals surface area contributed by atoms with Gasteiger partial charge in [0.25, 0.3) is 0 Å². The molecule has 2 saturated heterocycles. The fourth-order valence-corrected chi connectivity index (χ4v) is 6.02. The molecule has 0 radical (unpaired) electrons. The third-order valence-corrected chi connectivity index (χ3v) is 9.08. The van der Waals surface area contributed by atoms with Gasteiger partial charge in [-0.1, -0.05) is 63.2 Å². The van der Waals surface area contributed by atoms with Gasteiger partial charge in [-0.15, -0.1) is 0 Å². The van der Waals surface area contributed by atoms with Crippen LogP contribution in [0.25, 0.3) is 0 Å². The molecule has 4 amide bonds. The lowest BCUT2D eigenvalue weighted by molar-refractivity contribution is -0.134. The number of amides is 4. The summed E-state index contributed by atoms with van der Waals surface area (Å²) < 4.78 is 10.8. The van der Waals surface area contributed by atoms with Crippen molar-refractivity contribution in [2.45, 2.75) is 90.6 Å².